The van der Waals surface area contributed by atoms with Crippen LogP contribution in [0.3, 0.4) is 0 Å². The van der Waals surface area contributed by atoms with Crippen molar-refractivity contribution in [2.45, 2.75) is 13.8 Å². The molecule has 0 aliphatic rings. The minimum atomic E-state index is -0.360. The summed E-state index contributed by atoms with van der Waals surface area (Å²) in [6.07, 6.45) is 0. The van der Waals surface area contributed by atoms with E-state index in [9.17, 15) is 9.59 Å². The molecule has 2 amide bonds. The highest BCUT2D eigenvalue weighted by Crippen LogP contribution is 2.31. The molecule has 0 aliphatic carbocycles. The number of methoxy groups -OCH3 is 1. The summed E-state index contributed by atoms with van der Waals surface area (Å²) < 4.78 is 5.51. The van der Waals surface area contributed by atoms with Crippen LogP contribution in [-0.2, 0) is 0 Å². The zero-order chi connectivity index (χ0) is 27.4. The van der Waals surface area contributed by atoms with Crippen LogP contribution in [0.4, 0.5) is 5.69 Å². The number of hydrogen-bond acceptors (Lipinski definition) is 6. The minimum Gasteiger partial charge on any atom is -0.496 e. The van der Waals surface area contributed by atoms with E-state index in [-0.39, 0.29) is 11.8 Å². The Bertz CT molecular complexity index is 1720. The van der Waals surface area contributed by atoms with Gasteiger partial charge in [0.1, 0.15) is 5.75 Å². The monoisotopic (exact) mass is 534 g/mol. The lowest BCUT2D eigenvalue weighted by Crippen LogP contribution is -2.20. The number of hydrogen-bond donors (Lipinski definition) is 2. The van der Waals surface area contributed by atoms with Gasteiger partial charge in [-0.3, -0.25) is 9.59 Å². The van der Waals surface area contributed by atoms with Crippen LogP contribution in [0.1, 0.15) is 37.4 Å². The van der Waals surface area contributed by atoms with Crippen molar-refractivity contribution in [3.05, 3.63) is 112 Å². The van der Waals surface area contributed by atoms with E-state index in [1.165, 1.54) is 11.3 Å². The molecule has 0 saturated heterocycles. The molecule has 2 N–H and O–H groups in total. The summed E-state index contributed by atoms with van der Waals surface area (Å²) in [4.78, 5) is 32.4. The average molecular weight is 535 g/mol. The Morgan fingerprint density at radius 3 is 2.49 bits per heavy atom. The summed E-state index contributed by atoms with van der Waals surface area (Å²) in [5.41, 5.74) is 7.25. The summed E-state index contributed by atoms with van der Waals surface area (Å²) in [7, 11) is 1.61. The van der Waals surface area contributed by atoms with Crippen molar-refractivity contribution in [3.63, 3.8) is 0 Å². The van der Waals surface area contributed by atoms with E-state index >= 15 is 0 Å². The summed E-state index contributed by atoms with van der Waals surface area (Å²) >= 11 is 1.44. The number of anilines is 1. The SMILES string of the molecule is COc1ccccc1-c1cc(C(=O)N/N=C(\C)c2cccc(NC(=O)c3ccc(C)s3)c2)c2ccccc2n1. The molecule has 2 aromatic heterocycles. The molecule has 5 rings (SSSR count). The molecule has 8 heteroatoms. The molecule has 5 aromatic rings. The third-order valence-corrected chi connectivity index (χ3v) is 7.17. The van der Waals surface area contributed by atoms with E-state index in [4.69, 9.17) is 9.72 Å². The highest BCUT2D eigenvalue weighted by atomic mass is 32.1. The van der Waals surface area contributed by atoms with E-state index in [1.807, 2.05) is 91.9 Å². The Balaban J connectivity index is 1.40. The summed E-state index contributed by atoms with van der Waals surface area (Å²) in [6, 6.07) is 27.9. The summed E-state index contributed by atoms with van der Waals surface area (Å²) in [5.74, 6) is 0.145. The Labute approximate surface area is 230 Å². The number of hydrazone groups is 1. The third kappa shape index (κ3) is 5.71. The molecule has 194 valence electrons. The van der Waals surface area contributed by atoms with Crippen molar-refractivity contribution in [1.29, 1.82) is 0 Å². The number of carbonyl (C=O) groups is 2. The second kappa shape index (κ2) is 11.3. The third-order valence-electron chi connectivity index (χ3n) is 6.17. The normalized spacial score (nSPS) is 11.3. The zero-order valence-electron chi connectivity index (χ0n) is 21.7. The second-order valence-corrected chi connectivity index (χ2v) is 10.1. The van der Waals surface area contributed by atoms with Gasteiger partial charge >= 0.3 is 0 Å². The largest absolute Gasteiger partial charge is 0.496 e. The lowest BCUT2D eigenvalue weighted by molar-refractivity contribution is 0.0955. The molecule has 0 aliphatic heterocycles. The average Bonchev–Trinajstić information content (AvgIpc) is 3.41. The molecule has 2 heterocycles. The maximum Gasteiger partial charge on any atom is 0.272 e. The van der Waals surface area contributed by atoms with Gasteiger partial charge in [0.15, 0.2) is 0 Å². The number of amides is 2. The zero-order valence-corrected chi connectivity index (χ0v) is 22.5. The Morgan fingerprint density at radius 2 is 1.69 bits per heavy atom. The van der Waals surface area contributed by atoms with Crippen LogP contribution in [0, 0.1) is 6.92 Å². The molecular weight excluding hydrogens is 508 g/mol. The highest BCUT2D eigenvalue weighted by Gasteiger charge is 2.16. The van der Waals surface area contributed by atoms with Crippen LogP contribution < -0.4 is 15.5 Å². The predicted molar refractivity (Wildman–Crippen MR) is 157 cm³/mol. The smallest absolute Gasteiger partial charge is 0.272 e. The molecule has 3 aromatic carbocycles. The predicted octanol–water partition coefficient (Wildman–Crippen LogP) is 6.69. The number of nitrogens with zero attached hydrogens (tertiary/aromatic N) is 2. The standard InChI is InChI=1S/C31H26N4O3S/c1-19-15-16-29(39-19)31(37)32-22-10-8-9-21(17-22)20(2)34-35-30(36)25-18-27(24-12-5-7-14-28(24)38-3)33-26-13-6-4-11-23(25)26/h4-18H,1-3H3,(H,32,37)(H,35,36)/b34-20+. The van der Waals surface area contributed by atoms with Gasteiger partial charge in [0.2, 0.25) is 0 Å². The van der Waals surface area contributed by atoms with Crippen LogP contribution in [0.2, 0.25) is 0 Å². The molecule has 0 fully saturated rings. The molecule has 0 radical (unpaired) electrons. The van der Waals surface area contributed by atoms with Gasteiger partial charge in [0, 0.05) is 21.5 Å². The van der Waals surface area contributed by atoms with E-state index in [0.717, 1.165) is 21.4 Å². The van der Waals surface area contributed by atoms with Crippen molar-refractivity contribution in [2.24, 2.45) is 5.10 Å². The van der Waals surface area contributed by atoms with Crippen molar-refractivity contribution in [1.82, 2.24) is 10.4 Å². The van der Waals surface area contributed by atoms with Gasteiger partial charge in [-0.2, -0.15) is 5.10 Å². The second-order valence-electron chi connectivity index (χ2n) is 8.86. The number of pyridine rings is 1. The molecular formula is C31H26N4O3S. The van der Waals surface area contributed by atoms with Crippen LogP contribution in [-0.4, -0.2) is 29.6 Å². The fourth-order valence-electron chi connectivity index (χ4n) is 4.19. The first-order valence-electron chi connectivity index (χ1n) is 12.3. The summed E-state index contributed by atoms with van der Waals surface area (Å²) in [5, 5.41) is 8.00. The first-order chi connectivity index (χ1) is 18.9. The fraction of sp³-hybridized carbons (Fsp3) is 0.0968. The molecule has 0 atom stereocenters. The number of ether oxygens (including phenoxy) is 1. The van der Waals surface area contributed by atoms with Gasteiger partial charge in [-0.1, -0.05) is 42.5 Å². The van der Waals surface area contributed by atoms with Gasteiger partial charge < -0.3 is 10.1 Å². The van der Waals surface area contributed by atoms with Crippen molar-refractivity contribution in [3.8, 4) is 17.0 Å². The van der Waals surface area contributed by atoms with E-state index in [1.54, 1.807) is 20.1 Å². The Hall–Kier alpha value is -4.82. The van der Waals surface area contributed by atoms with Gasteiger partial charge in [0.05, 0.1) is 34.5 Å². The topological polar surface area (TPSA) is 92.7 Å². The molecule has 39 heavy (non-hydrogen) atoms. The lowest BCUT2D eigenvalue weighted by atomic mass is 10.0. The molecule has 0 spiro atoms. The van der Waals surface area contributed by atoms with E-state index in [2.05, 4.69) is 15.8 Å². The molecule has 0 saturated carbocycles. The van der Waals surface area contributed by atoms with Gasteiger partial charge in [-0.15, -0.1) is 11.3 Å². The van der Waals surface area contributed by atoms with Gasteiger partial charge in [0.25, 0.3) is 11.8 Å². The summed E-state index contributed by atoms with van der Waals surface area (Å²) in [6.45, 7) is 3.76. The first-order valence-corrected chi connectivity index (χ1v) is 13.1. The number of rotatable bonds is 7. The number of carbonyl (C=O) groups excluding carboxylic acids is 2. The number of fused-ring (bicyclic) bond motifs is 1. The number of nitrogens with one attached hydrogen (secondary N) is 2. The van der Waals surface area contributed by atoms with Crippen molar-refractivity contribution in [2.75, 3.05) is 12.4 Å². The van der Waals surface area contributed by atoms with E-state index in [0.29, 0.717) is 38.8 Å². The molecule has 0 unspecified atom stereocenters. The Morgan fingerprint density at radius 1 is 0.897 bits per heavy atom. The molecule has 7 nitrogen and oxygen atoms in total. The number of para-hydroxylation sites is 2. The number of aromatic nitrogens is 1. The van der Waals surface area contributed by atoms with Gasteiger partial charge in [-0.05, 0) is 67.9 Å². The minimum absolute atomic E-state index is 0.163. The van der Waals surface area contributed by atoms with Crippen LogP contribution in [0.25, 0.3) is 22.2 Å². The quantitative estimate of drug-likeness (QED) is 0.180. The number of benzene rings is 3. The maximum atomic E-state index is 13.4. The van der Waals surface area contributed by atoms with Crippen molar-refractivity contribution >= 4 is 45.5 Å². The highest BCUT2D eigenvalue weighted by molar-refractivity contribution is 7.14. The van der Waals surface area contributed by atoms with E-state index < -0.39 is 0 Å². The van der Waals surface area contributed by atoms with Crippen LogP contribution in [0.15, 0.2) is 96.1 Å². The number of thiophene rings is 1. The Kier molecular flexibility index (Phi) is 7.47. The molecule has 0 bridgehead atoms. The number of aryl methyl sites for hydroxylation is 1. The fourth-order valence-corrected chi connectivity index (χ4v) is 4.95. The van der Waals surface area contributed by atoms with Crippen LogP contribution in [0.5, 0.6) is 5.75 Å². The van der Waals surface area contributed by atoms with Crippen molar-refractivity contribution < 1.29 is 14.3 Å². The van der Waals surface area contributed by atoms with Crippen LogP contribution >= 0.6 is 11.3 Å². The lowest BCUT2D eigenvalue weighted by Gasteiger charge is -2.12. The maximum absolute atomic E-state index is 13.4. The first kappa shape index (κ1) is 25.8. The van der Waals surface area contributed by atoms with Gasteiger partial charge in [-0.25, -0.2) is 10.4 Å².